The number of rotatable bonds is 0. The van der Waals surface area contributed by atoms with Gasteiger partial charge in [-0.25, -0.2) is 0 Å². The molecule has 2 aromatic rings. The lowest BCUT2D eigenvalue weighted by Gasteiger charge is -1.79. The first-order chi connectivity index (χ1) is 6.93. The molecular weight excluding hydrogens is 170 g/mol. The van der Waals surface area contributed by atoms with Crippen molar-refractivity contribution in [3.05, 3.63) is 72.3 Å². The largest absolute Gasteiger partial charge is 0.192 e. The molecule has 0 aliphatic carbocycles. The Morgan fingerprint density at radius 2 is 1.43 bits per heavy atom. The third-order valence-electron chi connectivity index (χ3n) is 1.45. The molecule has 0 aliphatic heterocycles. The molecule has 0 unspecified atom stereocenters. The van der Waals surface area contributed by atoms with Gasteiger partial charge in [0.25, 0.3) is 0 Å². The van der Waals surface area contributed by atoms with Crippen LogP contribution in [0.4, 0.5) is 0 Å². The van der Waals surface area contributed by atoms with Gasteiger partial charge in [-0.15, -0.1) is 0 Å². The minimum atomic E-state index is 0.684. The molecule has 1 nitrogen and oxygen atoms in total. The highest BCUT2D eigenvalue weighted by Crippen LogP contribution is 1.92. The van der Waals surface area contributed by atoms with Crippen molar-refractivity contribution in [1.82, 2.24) is 0 Å². The number of nitriles is 1. The van der Waals surface area contributed by atoms with Crippen molar-refractivity contribution in [2.45, 2.75) is 0 Å². The Balaban J connectivity index is 0.000000146. The zero-order valence-corrected chi connectivity index (χ0v) is 7.64. The molecule has 0 saturated carbocycles. The van der Waals surface area contributed by atoms with E-state index < -0.39 is 0 Å². The van der Waals surface area contributed by atoms with Gasteiger partial charge in [-0.05, 0) is 24.3 Å². The van der Waals surface area contributed by atoms with Crippen LogP contribution in [-0.4, -0.2) is 0 Å². The zero-order valence-electron chi connectivity index (χ0n) is 7.64. The molecule has 66 valence electrons. The van der Waals surface area contributed by atoms with E-state index in [-0.39, 0.29) is 0 Å². The van der Waals surface area contributed by atoms with Crippen LogP contribution in [0.3, 0.4) is 0 Å². The topological polar surface area (TPSA) is 23.8 Å². The van der Waals surface area contributed by atoms with Crippen molar-refractivity contribution in [3.63, 3.8) is 0 Å². The molecule has 0 aromatic heterocycles. The molecule has 0 N–H and O–H groups in total. The lowest BCUT2D eigenvalue weighted by atomic mass is 10.2. The average Bonchev–Trinajstić information content (AvgIpc) is 2.33. The van der Waals surface area contributed by atoms with E-state index >= 15 is 0 Å². The highest BCUT2D eigenvalue weighted by atomic mass is 14.2. The van der Waals surface area contributed by atoms with E-state index in [9.17, 15) is 0 Å². The van der Waals surface area contributed by atoms with Crippen LogP contribution >= 0.6 is 0 Å². The van der Waals surface area contributed by atoms with E-state index in [1.165, 1.54) is 0 Å². The average molecular weight is 179 g/mol. The van der Waals surface area contributed by atoms with Gasteiger partial charge < -0.3 is 0 Å². The Morgan fingerprint density at radius 1 is 0.857 bits per heavy atom. The Labute approximate surface area is 84.3 Å². The first-order valence-corrected chi connectivity index (χ1v) is 4.21. The number of hydrogen-bond acceptors (Lipinski definition) is 1. The molecule has 1 heteroatoms. The summed E-state index contributed by atoms with van der Waals surface area (Å²) in [6.45, 7) is 0. The van der Waals surface area contributed by atoms with E-state index in [0.717, 1.165) is 0 Å². The minimum absolute atomic E-state index is 0.684. The maximum atomic E-state index is 8.27. The molecule has 0 fully saturated rings. The molecule has 0 atom stereocenters. The van der Waals surface area contributed by atoms with Crippen molar-refractivity contribution >= 4 is 0 Å². The quantitative estimate of drug-likeness (QED) is 0.610. The van der Waals surface area contributed by atoms with Crippen LogP contribution in [-0.2, 0) is 0 Å². The van der Waals surface area contributed by atoms with Gasteiger partial charge in [-0.2, -0.15) is 5.26 Å². The van der Waals surface area contributed by atoms with Crippen LogP contribution in [0.25, 0.3) is 0 Å². The smallest absolute Gasteiger partial charge is 0.0991 e. The Bertz CT molecular complexity index is 346. The molecular formula is C13H9N. The van der Waals surface area contributed by atoms with Crippen LogP contribution in [0.1, 0.15) is 5.56 Å². The molecule has 0 saturated heterocycles. The van der Waals surface area contributed by atoms with E-state index in [2.05, 4.69) is 12.1 Å². The molecule has 2 rings (SSSR count). The van der Waals surface area contributed by atoms with E-state index in [0.29, 0.717) is 5.56 Å². The van der Waals surface area contributed by atoms with E-state index in [4.69, 9.17) is 5.26 Å². The van der Waals surface area contributed by atoms with Crippen molar-refractivity contribution in [2.24, 2.45) is 0 Å². The summed E-state index contributed by atoms with van der Waals surface area (Å²) >= 11 is 0. The summed E-state index contributed by atoms with van der Waals surface area (Å²) in [5, 5.41) is 8.27. The van der Waals surface area contributed by atoms with Crippen LogP contribution < -0.4 is 0 Å². The molecule has 0 spiro atoms. The van der Waals surface area contributed by atoms with Crippen LogP contribution in [0.15, 0.2) is 54.6 Å². The lowest BCUT2D eigenvalue weighted by molar-refractivity contribution is 1.48. The van der Waals surface area contributed by atoms with Crippen molar-refractivity contribution in [1.29, 1.82) is 5.26 Å². The van der Waals surface area contributed by atoms with Gasteiger partial charge in [0.1, 0.15) is 0 Å². The maximum absolute atomic E-state index is 8.27. The molecule has 0 heterocycles. The molecule has 14 heavy (non-hydrogen) atoms. The van der Waals surface area contributed by atoms with Crippen LogP contribution in [0, 0.1) is 23.5 Å². The molecule has 0 bridgehead atoms. The normalized spacial score (nSPS) is 7.93. The number of hydrogen-bond donors (Lipinski definition) is 0. The third-order valence-corrected chi connectivity index (χ3v) is 1.45. The monoisotopic (exact) mass is 179 g/mol. The molecule has 0 amide bonds. The Morgan fingerprint density at radius 3 is 1.71 bits per heavy atom. The van der Waals surface area contributed by atoms with Crippen LogP contribution in [0.2, 0.25) is 0 Å². The van der Waals surface area contributed by atoms with Gasteiger partial charge in [0.2, 0.25) is 0 Å². The highest BCUT2D eigenvalue weighted by Gasteiger charge is 1.79. The summed E-state index contributed by atoms with van der Waals surface area (Å²) in [6, 6.07) is 24.2. The fraction of sp³-hybridized carbons (Fsp3) is 0. The number of benzene rings is 2. The molecule has 2 radical (unpaired) electrons. The van der Waals surface area contributed by atoms with Gasteiger partial charge >= 0.3 is 0 Å². The first-order valence-electron chi connectivity index (χ1n) is 4.21. The third kappa shape index (κ3) is 4.08. The Kier molecular flexibility index (Phi) is 4.61. The van der Waals surface area contributed by atoms with E-state index in [1.54, 1.807) is 24.3 Å². The summed E-state index contributed by atoms with van der Waals surface area (Å²) in [7, 11) is 0. The fourth-order valence-corrected chi connectivity index (χ4v) is 0.803. The fourth-order valence-electron chi connectivity index (χ4n) is 0.803. The van der Waals surface area contributed by atoms with Crippen molar-refractivity contribution in [3.8, 4) is 6.07 Å². The van der Waals surface area contributed by atoms with Gasteiger partial charge in [-0.3, -0.25) is 0 Å². The minimum Gasteiger partial charge on any atom is -0.192 e. The highest BCUT2D eigenvalue weighted by molar-refractivity contribution is 5.26. The SMILES string of the molecule is N#Cc1cc[c]cc1.[c]1ccccc1. The van der Waals surface area contributed by atoms with Gasteiger partial charge in [0.05, 0.1) is 11.6 Å². The number of nitrogens with zero attached hydrogens (tertiary/aromatic N) is 1. The summed E-state index contributed by atoms with van der Waals surface area (Å²) < 4.78 is 0. The summed E-state index contributed by atoms with van der Waals surface area (Å²) in [5.74, 6) is 0. The second-order valence-corrected chi connectivity index (χ2v) is 2.48. The van der Waals surface area contributed by atoms with Gasteiger partial charge in [-0.1, -0.05) is 42.5 Å². The second kappa shape index (κ2) is 6.45. The predicted molar refractivity (Wildman–Crippen MR) is 55.3 cm³/mol. The summed E-state index contributed by atoms with van der Waals surface area (Å²) in [4.78, 5) is 0. The van der Waals surface area contributed by atoms with Gasteiger partial charge in [0, 0.05) is 0 Å². The predicted octanol–water partition coefficient (Wildman–Crippen LogP) is 2.85. The zero-order chi connectivity index (χ0) is 10.1. The first kappa shape index (κ1) is 10.0. The van der Waals surface area contributed by atoms with Crippen molar-refractivity contribution < 1.29 is 0 Å². The second-order valence-electron chi connectivity index (χ2n) is 2.48. The van der Waals surface area contributed by atoms with E-state index in [1.807, 2.05) is 36.4 Å². The lowest BCUT2D eigenvalue weighted by Crippen LogP contribution is -1.66. The molecule has 0 aliphatic rings. The van der Waals surface area contributed by atoms with Crippen LogP contribution in [0.5, 0.6) is 0 Å². The maximum Gasteiger partial charge on any atom is 0.0991 e. The standard InChI is InChI=1S/C7H4N.C6H5/c8-6-7-4-2-1-3-5-7;1-2-4-6-5-3-1/h2-5H;1-5H. The van der Waals surface area contributed by atoms with Gasteiger partial charge in [0.15, 0.2) is 0 Å². The summed E-state index contributed by atoms with van der Waals surface area (Å²) in [6.07, 6.45) is 0. The van der Waals surface area contributed by atoms with Crippen molar-refractivity contribution in [2.75, 3.05) is 0 Å². The Hall–Kier alpha value is -2.07. The summed E-state index contributed by atoms with van der Waals surface area (Å²) in [5.41, 5.74) is 0.684. The molecule has 2 aromatic carbocycles.